The number of carbonyl (C=O) groups excluding carboxylic acids is 1. The van der Waals surface area contributed by atoms with E-state index in [1.54, 1.807) is 18.2 Å². The van der Waals surface area contributed by atoms with Gasteiger partial charge in [-0.25, -0.2) is 0 Å². The van der Waals surface area contributed by atoms with Crippen LogP contribution in [0.4, 0.5) is 5.69 Å². The van der Waals surface area contributed by atoms with E-state index >= 15 is 0 Å². The first-order valence-electron chi connectivity index (χ1n) is 6.86. The van der Waals surface area contributed by atoms with E-state index in [0.29, 0.717) is 18.4 Å². The Bertz CT molecular complexity index is 665. The maximum Gasteiger partial charge on any atom is 0.273 e. The van der Waals surface area contributed by atoms with Crippen LogP contribution < -0.4 is 0 Å². The van der Waals surface area contributed by atoms with Gasteiger partial charge in [-0.15, -0.1) is 0 Å². The predicted molar refractivity (Wildman–Crippen MR) is 81.3 cm³/mol. The minimum Gasteiger partial charge on any atom is -0.299 e. The van der Waals surface area contributed by atoms with Crippen molar-refractivity contribution in [1.82, 2.24) is 0 Å². The molecule has 0 bridgehead atoms. The molecule has 21 heavy (non-hydrogen) atoms. The third kappa shape index (κ3) is 4.24. The Morgan fingerprint density at radius 1 is 1.14 bits per heavy atom. The van der Waals surface area contributed by atoms with E-state index in [4.69, 9.17) is 0 Å². The molecular weight excluding hydrogens is 266 g/mol. The number of nitro groups is 1. The molecule has 0 aliphatic rings. The first-order valence-corrected chi connectivity index (χ1v) is 6.86. The zero-order valence-corrected chi connectivity index (χ0v) is 11.9. The number of Topliss-reactive ketones (excluding diaryl/α,β-unsaturated/α-hetero) is 1. The van der Waals surface area contributed by atoms with E-state index in [2.05, 4.69) is 6.07 Å². The van der Waals surface area contributed by atoms with Crippen LogP contribution in [0.25, 0.3) is 0 Å². The van der Waals surface area contributed by atoms with Crippen molar-refractivity contribution in [2.24, 2.45) is 0 Å². The fourth-order valence-electron chi connectivity index (χ4n) is 2.29. The van der Waals surface area contributed by atoms with Crippen molar-refractivity contribution in [3.8, 4) is 0 Å². The third-order valence-electron chi connectivity index (χ3n) is 3.35. The second-order valence-electron chi connectivity index (χ2n) is 5.09. The van der Waals surface area contributed by atoms with Gasteiger partial charge >= 0.3 is 0 Å². The molecule has 0 aliphatic carbocycles. The van der Waals surface area contributed by atoms with Crippen molar-refractivity contribution in [3.05, 3.63) is 75.3 Å². The first-order chi connectivity index (χ1) is 10.1. The molecule has 2 rings (SSSR count). The number of rotatable bonds is 6. The molecular formula is C17H17NO3. The van der Waals surface area contributed by atoms with Gasteiger partial charge in [-0.1, -0.05) is 48.0 Å². The summed E-state index contributed by atoms with van der Waals surface area (Å²) in [6.07, 6.45) is 1.18. The van der Waals surface area contributed by atoms with Gasteiger partial charge in [0.05, 0.1) is 4.92 Å². The number of benzene rings is 2. The normalized spacial score (nSPS) is 10.3. The summed E-state index contributed by atoms with van der Waals surface area (Å²) in [5, 5.41) is 10.9. The van der Waals surface area contributed by atoms with Crippen LogP contribution in [0.3, 0.4) is 0 Å². The molecule has 0 heterocycles. The van der Waals surface area contributed by atoms with Crippen molar-refractivity contribution in [3.63, 3.8) is 0 Å². The maximum atomic E-state index is 12.0. The zero-order chi connectivity index (χ0) is 15.2. The van der Waals surface area contributed by atoms with Crippen molar-refractivity contribution in [1.29, 1.82) is 0 Å². The molecule has 4 heteroatoms. The average molecular weight is 283 g/mol. The molecule has 108 valence electrons. The lowest BCUT2D eigenvalue weighted by molar-refractivity contribution is -0.385. The summed E-state index contributed by atoms with van der Waals surface area (Å²) in [7, 11) is 0. The van der Waals surface area contributed by atoms with Crippen LogP contribution in [0.15, 0.2) is 48.5 Å². The van der Waals surface area contributed by atoms with Gasteiger partial charge in [0.15, 0.2) is 0 Å². The number of hydrogen-bond acceptors (Lipinski definition) is 3. The van der Waals surface area contributed by atoms with E-state index in [-0.39, 0.29) is 17.9 Å². The van der Waals surface area contributed by atoms with E-state index in [1.165, 1.54) is 11.6 Å². The van der Waals surface area contributed by atoms with E-state index in [9.17, 15) is 14.9 Å². The molecule has 0 aromatic heterocycles. The minimum absolute atomic E-state index is 0.0152. The molecule has 0 saturated carbocycles. The molecule has 4 nitrogen and oxygen atoms in total. The number of nitrogens with zero attached hydrogens (tertiary/aromatic N) is 1. The number of para-hydroxylation sites is 1. The maximum absolute atomic E-state index is 12.0. The molecule has 0 radical (unpaired) electrons. The predicted octanol–water partition coefficient (Wildman–Crippen LogP) is 3.65. The summed E-state index contributed by atoms with van der Waals surface area (Å²) in [6, 6.07) is 14.4. The van der Waals surface area contributed by atoms with Gasteiger partial charge in [-0.2, -0.15) is 0 Å². The van der Waals surface area contributed by atoms with Crippen molar-refractivity contribution in [2.45, 2.75) is 26.2 Å². The molecule has 0 fully saturated rings. The molecule has 0 N–H and O–H groups in total. The number of ketones is 1. The Labute approximate surface area is 123 Å². The number of carbonyl (C=O) groups is 1. The molecule has 0 spiro atoms. The summed E-state index contributed by atoms with van der Waals surface area (Å²) < 4.78 is 0. The van der Waals surface area contributed by atoms with Gasteiger partial charge in [-0.3, -0.25) is 14.9 Å². The highest BCUT2D eigenvalue weighted by Gasteiger charge is 2.15. The van der Waals surface area contributed by atoms with Gasteiger partial charge in [0.1, 0.15) is 5.78 Å². The van der Waals surface area contributed by atoms with Crippen LogP contribution in [0, 0.1) is 17.0 Å². The molecule has 2 aromatic rings. The van der Waals surface area contributed by atoms with Crippen LogP contribution in [-0.4, -0.2) is 10.7 Å². The van der Waals surface area contributed by atoms with Gasteiger partial charge in [0, 0.05) is 24.5 Å². The van der Waals surface area contributed by atoms with Gasteiger partial charge in [0.2, 0.25) is 0 Å². The second-order valence-corrected chi connectivity index (χ2v) is 5.09. The highest BCUT2D eigenvalue weighted by atomic mass is 16.6. The molecule has 0 aliphatic heterocycles. The molecule has 0 unspecified atom stereocenters. The molecule has 0 atom stereocenters. The number of hydrogen-bond donors (Lipinski definition) is 0. The largest absolute Gasteiger partial charge is 0.299 e. The lowest BCUT2D eigenvalue weighted by Crippen LogP contribution is -2.06. The quantitative estimate of drug-likeness (QED) is 0.600. The summed E-state index contributed by atoms with van der Waals surface area (Å²) >= 11 is 0. The van der Waals surface area contributed by atoms with Gasteiger partial charge < -0.3 is 0 Å². The number of aryl methyl sites for hydroxylation is 2. The average Bonchev–Trinajstić information content (AvgIpc) is 2.45. The van der Waals surface area contributed by atoms with E-state index < -0.39 is 4.92 Å². The van der Waals surface area contributed by atoms with Crippen LogP contribution in [0.5, 0.6) is 0 Å². The van der Waals surface area contributed by atoms with Crippen molar-refractivity contribution in [2.75, 3.05) is 0 Å². The van der Waals surface area contributed by atoms with Crippen LogP contribution in [0.1, 0.15) is 23.1 Å². The summed E-state index contributed by atoms with van der Waals surface area (Å²) in [5.74, 6) is 0.0193. The monoisotopic (exact) mass is 283 g/mol. The Balaban J connectivity index is 1.98. The standard InChI is InChI=1S/C17H17NO3/c1-13-5-4-6-14(11-13)9-10-16(19)12-15-7-2-3-8-17(15)18(20)21/h2-8,11H,9-10,12H2,1H3. The second kappa shape index (κ2) is 6.79. The summed E-state index contributed by atoms with van der Waals surface area (Å²) in [5.41, 5.74) is 2.78. The summed E-state index contributed by atoms with van der Waals surface area (Å²) in [4.78, 5) is 22.5. The Hall–Kier alpha value is -2.49. The fourth-order valence-corrected chi connectivity index (χ4v) is 2.29. The molecule has 0 amide bonds. The van der Waals surface area contributed by atoms with Crippen molar-refractivity contribution >= 4 is 11.5 Å². The van der Waals surface area contributed by atoms with Crippen LogP contribution >= 0.6 is 0 Å². The minimum atomic E-state index is -0.441. The summed E-state index contributed by atoms with van der Waals surface area (Å²) in [6.45, 7) is 2.01. The first kappa shape index (κ1) is 14.9. The van der Waals surface area contributed by atoms with Gasteiger partial charge in [-0.05, 0) is 18.9 Å². The topological polar surface area (TPSA) is 60.2 Å². The number of nitro benzene ring substituents is 1. The Morgan fingerprint density at radius 2 is 1.90 bits per heavy atom. The Kier molecular flexibility index (Phi) is 4.82. The lowest BCUT2D eigenvalue weighted by atomic mass is 10.0. The van der Waals surface area contributed by atoms with E-state index in [1.807, 2.05) is 25.1 Å². The SMILES string of the molecule is Cc1cccc(CCC(=O)Cc2ccccc2[N+](=O)[O-])c1. The smallest absolute Gasteiger partial charge is 0.273 e. The highest BCUT2D eigenvalue weighted by Crippen LogP contribution is 2.19. The third-order valence-corrected chi connectivity index (χ3v) is 3.35. The fraction of sp³-hybridized carbons (Fsp3) is 0.235. The van der Waals surface area contributed by atoms with Crippen molar-refractivity contribution < 1.29 is 9.72 Å². The van der Waals surface area contributed by atoms with E-state index in [0.717, 1.165) is 5.56 Å². The van der Waals surface area contributed by atoms with Crippen LogP contribution in [-0.2, 0) is 17.6 Å². The zero-order valence-electron chi connectivity index (χ0n) is 11.9. The lowest BCUT2D eigenvalue weighted by Gasteiger charge is -2.04. The Morgan fingerprint density at radius 3 is 2.62 bits per heavy atom. The molecule has 0 saturated heterocycles. The van der Waals surface area contributed by atoms with Crippen LogP contribution in [0.2, 0.25) is 0 Å². The van der Waals surface area contributed by atoms with Gasteiger partial charge in [0.25, 0.3) is 5.69 Å². The highest BCUT2D eigenvalue weighted by molar-refractivity contribution is 5.82. The molecule has 2 aromatic carbocycles.